The maximum Gasteiger partial charge on any atom is 0.133 e. The fourth-order valence-electron chi connectivity index (χ4n) is 2.80. The van der Waals surface area contributed by atoms with Crippen molar-refractivity contribution in [1.29, 1.82) is 0 Å². The van der Waals surface area contributed by atoms with Crippen molar-refractivity contribution < 1.29 is 0 Å². The first-order chi connectivity index (χ1) is 8.64. The molecule has 1 aliphatic heterocycles. The monoisotopic (exact) mass is 330 g/mol. The topological polar surface area (TPSA) is 16.1 Å². The predicted molar refractivity (Wildman–Crippen MR) is 81.3 cm³/mol. The SMILES string of the molecule is CCC1(CC)CCN(c2ncc(Br)cc2CCl)C1. The average molecular weight is 332 g/mol. The standard InChI is InChI=1S/C14H20BrClN2/c1-3-14(4-2)5-6-18(10-14)13-11(8-16)7-12(15)9-17-13/h7,9H,3-6,8,10H2,1-2H3. The average Bonchev–Trinajstić information content (AvgIpc) is 2.83. The minimum Gasteiger partial charge on any atom is -0.356 e. The molecule has 2 nitrogen and oxygen atoms in total. The van der Waals surface area contributed by atoms with Crippen LogP contribution in [0, 0.1) is 5.41 Å². The third kappa shape index (κ3) is 2.67. The van der Waals surface area contributed by atoms with Gasteiger partial charge in [-0.15, -0.1) is 11.6 Å². The molecule has 0 aliphatic carbocycles. The van der Waals surface area contributed by atoms with Gasteiger partial charge in [0.1, 0.15) is 5.82 Å². The summed E-state index contributed by atoms with van der Waals surface area (Å²) in [4.78, 5) is 6.96. The number of aromatic nitrogens is 1. The highest BCUT2D eigenvalue weighted by Gasteiger charge is 2.36. The molecule has 0 atom stereocenters. The number of rotatable bonds is 4. The van der Waals surface area contributed by atoms with Crippen LogP contribution in [0.2, 0.25) is 0 Å². The molecule has 0 radical (unpaired) electrons. The third-order valence-corrected chi connectivity index (χ3v) is 5.01. The zero-order chi connectivity index (χ0) is 13.2. The lowest BCUT2D eigenvalue weighted by molar-refractivity contribution is 0.301. The maximum atomic E-state index is 6.03. The summed E-state index contributed by atoms with van der Waals surface area (Å²) >= 11 is 9.49. The minimum absolute atomic E-state index is 0.471. The molecule has 1 fully saturated rings. The van der Waals surface area contributed by atoms with E-state index < -0.39 is 0 Å². The van der Waals surface area contributed by atoms with Crippen LogP contribution in [-0.2, 0) is 5.88 Å². The van der Waals surface area contributed by atoms with Crippen molar-refractivity contribution in [2.45, 2.75) is 39.0 Å². The predicted octanol–water partition coefficient (Wildman–Crippen LogP) is 4.60. The van der Waals surface area contributed by atoms with Gasteiger partial charge in [0.25, 0.3) is 0 Å². The van der Waals surface area contributed by atoms with E-state index in [-0.39, 0.29) is 0 Å². The van der Waals surface area contributed by atoms with Crippen LogP contribution < -0.4 is 4.90 Å². The molecule has 100 valence electrons. The van der Waals surface area contributed by atoms with E-state index in [1.807, 2.05) is 6.20 Å². The molecular formula is C14H20BrClN2. The van der Waals surface area contributed by atoms with Crippen molar-refractivity contribution in [3.63, 3.8) is 0 Å². The Kier molecular flexibility index (Phi) is 4.54. The number of hydrogen-bond donors (Lipinski definition) is 0. The number of nitrogens with zero attached hydrogens (tertiary/aromatic N) is 2. The van der Waals surface area contributed by atoms with E-state index in [2.05, 4.69) is 45.7 Å². The lowest BCUT2D eigenvalue weighted by Crippen LogP contribution is -2.27. The van der Waals surface area contributed by atoms with Gasteiger partial charge >= 0.3 is 0 Å². The minimum atomic E-state index is 0.471. The molecule has 2 heterocycles. The summed E-state index contributed by atoms with van der Waals surface area (Å²) in [7, 11) is 0. The lowest BCUT2D eigenvalue weighted by atomic mass is 9.82. The van der Waals surface area contributed by atoms with E-state index in [1.54, 1.807) is 0 Å². The Balaban J connectivity index is 2.24. The molecule has 2 rings (SSSR count). The fraction of sp³-hybridized carbons (Fsp3) is 0.643. The van der Waals surface area contributed by atoms with Crippen LogP contribution in [0.1, 0.15) is 38.7 Å². The van der Waals surface area contributed by atoms with Gasteiger partial charge in [0.2, 0.25) is 0 Å². The summed E-state index contributed by atoms with van der Waals surface area (Å²) < 4.78 is 0.998. The van der Waals surface area contributed by atoms with Gasteiger partial charge in [0.15, 0.2) is 0 Å². The Labute approximate surface area is 123 Å². The third-order valence-electron chi connectivity index (χ3n) is 4.29. The van der Waals surface area contributed by atoms with Gasteiger partial charge in [-0.3, -0.25) is 0 Å². The molecule has 0 saturated carbocycles. The van der Waals surface area contributed by atoms with Gasteiger partial charge in [0.05, 0.1) is 5.88 Å². The van der Waals surface area contributed by atoms with Crippen molar-refractivity contribution in [1.82, 2.24) is 4.98 Å². The van der Waals surface area contributed by atoms with E-state index in [0.29, 0.717) is 11.3 Å². The number of halogens is 2. The molecule has 1 aromatic rings. The van der Waals surface area contributed by atoms with Gasteiger partial charge in [0, 0.05) is 29.3 Å². The smallest absolute Gasteiger partial charge is 0.133 e. The molecule has 0 bridgehead atoms. The quantitative estimate of drug-likeness (QED) is 0.750. The largest absolute Gasteiger partial charge is 0.356 e. The summed E-state index contributed by atoms with van der Waals surface area (Å²) in [5.41, 5.74) is 1.59. The lowest BCUT2D eigenvalue weighted by Gasteiger charge is -2.27. The van der Waals surface area contributed by atoms with Gasteiger partial charge in [-0.05, 0) is 46.7 Å². The Hall–Kier alpha value is -0.280. The van der Waals surface area contributed by atoms with Gasteiger partial charge in [-0.1, -0.05) is 13.8 Å². The highest BCUT2D eigenvalue weighted by Crippen LogP contribution is 2.39. The van der Waals surface area contributed by atoms with Crippen molar-refractivity contribution in [2.24, 2.45) is 5.41 Å². The molecule has 0 N–H and O–H groups in total. The van der Waals surface area contributed by atoms with Crippen molar-refractivity contribution in [3.05, 3.63) is 22.3 Å². The van der Waals surface area contributed by atoms with E-state index in [9.17, 15) is 0 Å². The van der Waals surface area contributed by atoms with Gasteiger partial charge < -0.3 is 4.90 Å². The van der Waals surface area contributed by atoms with E-state index in [0.717, 1.165) is 28.9 Å². The normalized spacial score (nSPS) is 18.3. The van der Waals surface area contributed by atoms with Crippen LogP contribution in [0.5, 0.6) is 0 Å². The number of alkyl halides is 1. The van der Waals surface area contributed by atoms with Crippen LogP contribution in [0.3, 0.4) is 0 Å². The van der Waals surface area contributed by atoms with Gasteiger partial charge in [-0.25, -0.2) is 4.98 Å². The summed E-state index contributed by atoms with van der Waals surface area (Å²) in [6.07, 6.45) is 5.61. The zero-order valence-electron chi connectivity index (χ0n) is 11.0. The number of pyridine rings is 1. The second kappa shape index (κ2) is 5.79. The summed E-state index contributed by atoms with van der Waals surface area (Å²) in [6.45, 7) is 6.80. The number of anilines is 1. The molecule has 18 heavy (non-hydrogen) atoms. The Bertz CT molecular complexity index is 418. The van der Waals surface area contributed by atoms with E-state index in [4.69, 9.17) is 11.6 Å². The first-order valence-electron chi connectivity index (χ1n) is 6.59. The molecular weight excluding hydrogens is 312 g/mol. The zero-order valence-corrected chi connectivity index (χ0v) is 13.4. The van der Waals surface area contributed by atoms with Crippen LogP contribution in [0.25, 0.3) is 0 Å². The molecule has 0 unspecified atom stereocenters. The van der Waals surface area contributed by atoms with Crippen molar-refractivity contribution in [2.75, 3.05) is 18.0 Å². The summed E-state index contributed by atoms with van der Waals surface area (Å²) in [6, 6.07) is 2.08. The Morgan fingerprint density at radius 3 is 2.72 bits per heavy atom. The van der Waals surface area contributed by atoms with Crippen molar-refractivity contribution in [3.8, 4) is 0 Å². The second-order valence-corrected chi connectivity index (χ2v) is 6.33. The Morgan fingerprint density at radius 2 is 2.17 bits per heavy atom. The first kappa shape index (κ1) is 14.1. The number of hydrogen-bond acceptors (Lipinski definition) is 2. The van der Waals surface area contributed by atoms with E-state index >= 15 is 0 Å². The maximum absolute atomic E-state index is 6.03. The highest BCUT2D eigenvalue weighted by molar-refractivity contribution is 9.10. The van der Waals surface area contributed by atoms with Crippen LogP contribution in [0.4, 0.5) is 5.82 Å². The molecule has 0 amide bonds. The van der Waals surface area contributed by atoms with Crippen LogP contribution >= 0.6 is 27.5 Å². The van der Waals surface area contributed by atoms with Crippen LogP contribution in [-0.4, -0.2) is 18.1 Å². The molecule has 1 saturated heterocycles. The summed E-state index contributed by atoms with van der Waals surface area (Å²) in [5.74, 6) is 1.58. The molecule has 4 heteroatoms. The Morgan fingerprint density at radius 1 is 1.44 bits per heavy atom. The second-order valence-electron chi connectivity index (χ2n) is 5.15. The van der Waals surface area contributed by atoms with E-state index in [1.165, 1.54) is 19.3 Å². The molecule has 1 aliphatic rings. The van der Waals surface area contributed by atoms with Gasteiger partial charge in [-0.2, -0.15) is 0 Å². The molecule has 1 aromatic heterocycles. The highest BCUT2D eigenvalue weighted by atomic mass is 79.9. The van der Waals surface area contributed by atoms with Crippen LogP contribution in [0.15, 0.2) is 16.7 Å². The van der Waals surface area contributed by atoms with Crippen molar-refractivity contribution >= 4 is 33.3 Å². The molecule has 0 spiro atoms. The fourth-order valence-corrected chi connectivity index (χ4v) is 3.38. The molecule has 0 aromatic carbocycles. The first-order valence-corrected chi connectivity index (χ1v) is 7.92. The summed E-state index contributed by atoms with van der Waals surface area (Å²) in [5, 5.41) is 0.